The number of unbranched alkanes of at least 4 members (excludes halogenated alkanes) is 3. The van der Waals surface area contributed by atoms with Crippen LogP contribution >= 0.6 is 0 Å². The maximum Gasteiger partial charge on any atom is 0.310 e. The lowest BCUT2D eigenvalue weighted by atomic mass is 10.3. The molecule has 4 heteroatoms. The summed E-state index contributed by atoms with van der Waals surface area (Å²) < 4.78 is 17.2. The van der Waals surface area contributed by atoms with E-state index in [1.807, 2.05) is 0 Å². The van der Waals surface area contributed by atoms with E-state index in [0.29, 0.717) is 19.8 Å². The number of ether oxygens (including phenoxy) is 3. The number of hydrogen-bond donors (Lipinski definition) is 1. The zero-order valence-electron chi connectivity index (χ0n) is 13.1. The van der Waals surface area contributed by atoms with E-state index in [1.165, 1.54) is 0 Å². The molecule has 0 saturated heterocycles. The molecule has 0 aromatic rings. The highest BCUT2D eigenvalue weighted by Crippen LogP contribution is 2.22. The Kier molecular flexibility index (Phi) is 11.6. The summed E-state index contributed by atoms with van der Waals surface area (Å²) in [5.74, 6) is -1.29. The molecule has 0 radical (unpaired) electrons. The normalized spacial score (nSPS) is 13.7. The van der Waals surface area contributed by atoms with Gasteiger partial charge in [0, 0.05) is 0 Å². The number of aliphatic hydroxyl groups excluding tert-OH is 1. The van der Waals surface area contributed by atoms with Crippen LogP contribution in [0.3, 0.4) is 0 Å². The van der Waals surface area contributed by atoms with Crippen LogP contribution in [0.15, 0.2) is 0 Å². The van der Waals surface area contributed by atoms with Crippen LogP contribution in [-0.2, 0) is 14.2 Å². The minimum atomic E-state index is -1.29. The van der Waals surface area contributed by atoms with Crippen molar-refractivity contribution in [3.05, 3.63) is 0 Å². The summed E-state index contributed by atoms with van der Waals surface area (Å²) in [4.78, 5) is 0. The molecule has 19 heavy (non-hydrogen) atoms. The molecule has 0 fully saturated rings. The van der Waals surface area contributed by atoms with Gasteiger partial charge in [-0.1, -0.05) is 40.0 Å². The van der Waals surface area contributed by atoms with Crippen LogP contribution in [0.25, 0.3) is 0 Å². The van der Waals surface area contributed by atoms with Crippen molar-refractivity contribution in [2.45, 2.75) is 78.3 Å². The molecule has 0 rings (SSSR count). The molecule has 0 aromatic carbocycles. The Morgan fingerprint density at radius 2 is 1.11 bits per heavy atom. The fraction of sp³-hybridized carbons (Fsp3) is 1.00. The van der Waals surface area contributed by atoms with Crippen LogP contribution in [0.1, 0.15) is 66.2 Å². The Labute approximate surface area is 118 Å². The maximum absolute atomic E-state index is 9.99. The smallest absolute Gasteiger partial charge is 0.310 e. The molecule has 0 spiro atoms. The highest BCUT2D eigenvalue weighted by Gasteiger charge is 2.39. The van der Waals surface area contributed by atoms with Crippen LogP contribution in [0.4, 0.5) is 0 Å². The van der Waals surface area contributed by atoms with Gasteiger partial charge in [0.1, 0.15) is 6.10 Å². The molecule has 0 saturated carbocycles. The lowest BCUT2D eigenvalue weighted by Gasteiger charge is -2.35. The molecule has 0 aromatic heterocycles. The standard InChI is InChI=1S/C15H32O4/c1-5-8-11-17-15(14(4)16,18-12-9-6-2)19-13-10-7-3/h14,16H,5-13H2,1-4H3. The second kappa shape index (κ2) is 11.6. The van der Waals surface area contributed by atoms with E-state index in [-0.39, 0.29) is 0 Å². The lowest BCUT2D eigenvalue weighted by Crippen LogP contribution is -2.49. The molecule has 116 valence electrons. The van der Waals surface area contributed by atoms with Gasteiger partial charge < -0.3 is 19.3 Å². The van der Waals surface area contributed by atoms with Crippen molar-refractivity contribution in [3.8, 4) is 0 Å². The SMILES string of the molecule is CCCCOC(OCCCC)(OCCCC)C(C)O. The first-order valence-corrected chi connectivity index (χ1v) is 7.72. The fourth-order valence-corrected chi connectivity index (χ4v) is 1.56. The molecule has 4 nitrogen and oxygen atoms in total. The minimum absolute atomic E-state index is 0.541. The third kappa shape index (κ3) is 7.88. The molecule has 1 unspecified atom stereocenters. The molecule has 0 amide bonds. The predicted octanol–water partition coefficient (Wildman–Crippen LogP) is 3.47. The Balaban J connectivity index is 4.48. The summed E-state index contributed by atoms with van der Waals surface area (Å²) in [5.41, 5.74) is 0. The van der Waals surface area contributed by atoms with Crippen molar-refractivity contribution in [3.63, 3.8) is 0 Å². The van der Waals surface area contributed by atoms with Gasteiger partial charge in [-0.3, -0.25) is 0 Å². The summed E-state index contributed by atoms with van der Waals surface area (Å²) >= 11 is 0. The van der Waals surface area contributed by atoms with Gasteiger partial charge in [0.2, 0.25) is 0 Å². The molecule has 1 atom stereocenters. The first-order chi connectivity index (χ1) is 9.13. The van der Waals surface area contributed by atoms with E-state index in [0.717, 1.165) is 38.5 Å². The Bertz CT molecular complexity index is 168. The monoisotopic (exact) mass is 276 g/mol. The summed E-state index contributed by atoms with van der Waals surface area (Å²) in [7, 11) is 0. The highest BCUT2D eigenvalue weighted by molar-refractivity contribution is 4.66. The van der Waals surface area contributed by atoms with Crippen LogP contribution in [0.5, 0.6) is 0 Å². The third-order valence-electron chi connectivity index (χ3n) is 2.92. The van der Waals surface area contributed by atoms with E-state index < -0.39 is 12.1 Å². The van der Waals surface area contributed by atoms with Crippen molar-refractivity contribution in [1.29, 1.82) is 0 Å². The predicted molar refractivity (Wildman–Crippen MR) is 77.0 cm³/mol. The first kappa shape index (κ1) is 18.8. The summed E-state index contributed by atoms with van der Waals surface area (Å²) in [5, 5.41) is 9.99. The molecule has 0 aliphatic carbocycles. The molecule has 0 aliphatic rings. The van der Waals surface area contributed by atoms with E-state index in [9.17, 15) is 5.11 Å². The van der Waals surface area contributed by atoms with Crippen molar-refractivity contribution in [2.75, 3.05) is 19.8 Å². The molecule has 0 heterocycles. The van der Waals surface area contributed by atoms with Crippen LogP contribution in [0, 0.1) is 0 Å². The van der Waals surface area contributed by atoms with Gasteiger partial charge in [-0.15, -0.1) is 0 Å². The summed E-state index contributed by atoms with van der Waals surface area (Å²) in [6, 6.07) is 0. The number of rotatable bonds is 13. The van der Waals surface area contributed by atoms with Crippen molar-refractivity contribution in [2.24, 2.45) is 0 Å². The molecule has 0 aliphatic heterocycles. The van der Waals surface area contributed by atoms with Crippen molar-refractivity contribution < 1.29 is 19.3 Å². The first-order valence-electron chi connectivity index (χ1n) is 7.72. The van der Waals surface area contributed by atoms with Gasteiger partial charge >= 0.3 is 5.97 Å². The van der Waals surface area contributed by atoms with Gasteiger partial charge in [-0.05, 0) is 26.2 Å². The van der Waals surface area contributed by atoms with Gasteiger partial charge in [0.05, 0.1) is 19.8 Å². The quantitative estimate of drug-likeness (QED) is 0.413. The average Bonchev–Trinajstić information content (AvgIpc) is 2.38. The molecular formula is C15H32O4. The second-order valence-corrected chi connectivity index (χ2v) is 4.89. The Morgan fingerprint density at radius 3 is 1.32 bits per heavy atom. The zero-order valence-corrected chi connectivity index (χ0v) is 13.1. The van der Waals surface area contributed by atoms with Crippen molar-refractivity contribution in [1.82, 2.24) is 0 Å². The third-order valence-corrected chi connectivity index (χ3v) is 2.92. The molecule has 1 N–H and O–H groups in total. The van der Waals surface area contributed by atoms with Gasteiger partial charge in [-0.25, -0.2) is 0 Å². The Morgan fingerprint density at radius 1 is 0.789 bits per heavy atom. The topological polar surface area (TPSA) is 47.9 Å². The average molecular weight is 276 g/mol. The van der Waals surface area contributed by atoms with Crippen LogP contribution in [-0.4, -0.2) is 37.0 Å². The fourth-order valence-electron chi connectivity index (χ4n) is 1.56. The highest BCUT2D eigenvalue weighted by atomic mass is 16.9. The number of aliphatic hydroxyl groups is 1. The van der Waals surface area contributed by atoms with E-state index in [1.54, 1.807) is 6.92 Å². The maximum atomic E-state index is 9.99. The van der Waals surface area contributed by atoms with E-state index >= 15 is 0 Å². The molecule has 0 bridgehead atoms. The van der Waals surface area contributed by atoms with Crippen LogP contribution < -0.4 is 0 Å². The Hall–Kier alpha value is -0.160. The van der Waals surface area contributed by atoms with E-state index in [2.05, 4.69) is 20.8 Å². The second-order valence-electron chi connectivity index (χ2n) is 4.89. The largest absolute Gasteiger partial charge is 0.385 e. The van der Waals surface area contributed by atoms with Gasteiger partial charge in [0.15, 0.2) is 0 Å². The minimum Gasteiger partial charge on any atom is -0.385 e. The number of hydrogen-bond acceptors (Lipinski definition) is 4. The van der Waals surface area contributed by atoms with E-state index in [4.69, 9.17) is 14.2 Å². The summed E-state index contributed by atoms with van der Waals surface area (Å²) in [6.45, 7) is 9.58. The van der Waals surface area contributed by atoms with Gasteiger partial charge in [0.25, 0.3) is 0 Å². The van der Waals surface area contributed by atoms with Crippen LogP contribution in [0.2, 0.25) is 0 Å². The molecular weight excluding hydrogens is 244 g/mol. The summed E-state index contributed by atoms with van der Waals surface area (Å²) in [6.07, 6.45) is 5.12. The lowest BCUT2D eigenvalue weighted by molar-refractivity contribution is -0.411. The van der Waals surface area contributed by atoms with Crippen molar-refractivity contribution >= 4 is 0 Å². The zero-order chi connectivity index (χ0) is 14.6. The van der Waals surface area contributed by atoms with Gasteiger partial charge in [-0.2, -0.15) is 0 Å².